The highest BCUT2D eigenvalue weighted by Gasteiger charge is 2.44. The number of anilines is 1. The van der Waals surface area contributed by atoms with Gasteiger partial charge in [-0.1, -0.05) is 24.3 Å². The number of carbonyl (C=O) groups excluding carboxylic acids is 5. The van der Waals surface area contributed by atoms with Crippen LogP contribution in [0.15, 0.2) is 60.8 Å². The molecule has 19 heteroatoms. The Kier molecular flexibility index (Phi) is 14.8. The van der Waals surface area contributed by atoms with Gasteiger partial charge in [0.15, 0.2) is 0 Å². The van der Waals surface area contributed by atoms with Gasteiger partial charge in [0.25, 0.3) is 11.8 Å². The van der Waals surface area contributed by atoms with Crippen molar-refractivity contribution >= 4 is 35.6 Å². The molecule has 0 bridgehead atoms. The molecule has 4 aromatic rings. The zero-order valence-electron chi connectivity index (χ0n) is 37.8. The van der Waals surface area contributed by atoms with Crippen LogP contribution in [0.2, 0.25) is 0 Å². The van der Waals surface area contributed by atoms with Gasteiger partial charge in [-0.2, -0.15) is 5.21 Å². The van der Waals surface area contributed by atoms with Gasteiger partial charge in [-0.25, -0.2) is 18.4 Å². The number of ether oxygens (including phenoxy) is 2. The second-order valence-electron chi connectivity index (χ2n) is 18.8. The minimum atomic E-state index is -3.23. The van der Waals surface area contributed by atoms with Crippen LogP contribution in [0, 0.1) is 18.8 Å². The Balaban J connectivity index is 1.10. The van der Waals surface area contributed by atoms with Crippen LogP contribution in [0.4, 0.5) is 24.1 Å². The molecule has 1 saturated heterocycles. The quantitative estimate of drug-likeness (QED) is 0.102. The number of halogens is 2. The molecule has 2 aromatic carbocycles. The number of benzene rings is 2. The van der Waals surface area contributed by atoms with E-state index in [0.717, 1.165) is 34.4 Å². The Hall–Kier alpha value is -6.53. The lowest BCUT2D eigenvalue weighted by Gasteiger charge is -2.38. The van der Waals surface area contributed by atoms with Crippen molar-refractivity contribution in [1.29, 1.82) is 0 Å². The molecule has 2 atom stereocenters. The fourth-order valence-corrected chi connectivity index (χ4v) is 7.85. The van der Waals surface area contributed by atoms with E-state index in [4.69, 9.17) is 9.47 Å². The first-order valence-corrected chi connectivity index (χ1v) is 21.7. The largest absolute Gasteiger partial charge is 0.444 e. The number of rotatable bonds is 12. The van der Waals surface area contributed by atoms with E-state index in [1.807, 2.05) is 24.3 Å². The molecular formula is C46H58F2N10O7. The summed E-state index contributed by atoms with van der Waals surface area (Å²) < 4.78 is 40.0. The summed E-state index contributed by atoms with van der Waals surface area (Å²) in [5.41, 5.74) is 2.72. The molecule has 1 aliphatic carbocycles. The molecular weight excluding hydrogens is 843 g/mol. The number of aromatic nitrogens is 5. The number of hydrogen-bond acceptors (Lipinski definition) is 11. The lowest BCUT2D eigenvalue weighted by Crippen LogP contribution is -2.57. The minimum absolute atomic E-state index is 0.0283. The molecule has 5 N–H and O–H groups in total. The van der Waals surface area contributed by atoms with E-state index in [1.54, 1.807) is 78.8 Å². The van der Waals surface area contributed by atoms with Gasteiger partial charge >= 0.3 is 12.2 Å². The number of aromatic amines is 1. The first-order valence-electron chi connectivity index (χ1n) is 21.7. The molecule has 6 rings (SSSR count). The number of alkyl halides is 2. The van der Waals surface area contributed by atoms with Crippen molar-refractivity contribution in [3.63, 3.8) is 0 Å². The number of hydrogen-bond donors (Lipinski definition) is 5. The van der Waals surface area contributed by atoms with E-state index in [1.165, 1.54) is 6.20 Å². The lowest BCUT2D eigenvalue weighted by atomic mass is 9.81. The normalized spacial score (nSPS) is 19.0. The molecule has 2 aliphatic rings. The van der Waals surface area contributed by atoms with Gasteiger partial charge < -0.3 is 35.6 Å². The smallest absolute Gasteiger partial charge is 0.410 e. The topological polar surface area (TPSA) is 223 Å². The summed E-state index contributed by atoms with van der Waals surface area (Å²) in [6, 6.07) is 13.9. The molecule has 1 aliphatic heterocycles. The molecule has 348 valence electrons. The number of nitrogens with one attached hydrogen (secondary N) is 5. The molecule has 2 unspecified atom stereocenters. The van der Waals surface area contributed by atoms with Crippen molar-refractivity contribution in [3.05, 3.63) is 77.6 Å². The van der Waals surface area contributed by atoms with Gasteiger partial charge in [0, 0.05) is 54.9 Å². The van der Waals surface area contributed by atoms with Crippen molar-refractivity contribution in [3.8, 4) is 22.5 Å². The van der Waals surface area contributed by atoms with Gasteiger partial charge in [-0.15, -0.1) is 10.2 Å². The summed E-state index contributed by atoms with van der Waals surface area (Å²) in [6.07, 6.45) is 2.38. The number of piperidine rings is 1. The zero-order valence-corrected chi connectivity index (χ0v) is 37.8. The van der Waals surface area contributed by atoms with Crippen LogP contribution in [0.3, 0.4) is 0 Å². The van der Waals surface area contributed by atoms with Gasteiger partial charge in [0.2, 0.25) is 17.6 Å². The monoisotopic (exact) mass is 900 g/mol. The highest BCUT2D eigenvalue weighted by Crippen LogP contribution is 2.31. The molecule has 17 nitrogen and oxygen atoms in total. The predicted molar refractivity (Wildman–Crippen MR) is 237 cm³/mol. The molecule has 2 aromatic heterocycles. The van der Waals surface area contributed by atoms with Gasteiger partial charge in [0.05, 0.1) is 12.6 Å². The molecule has 0 spiro atoms. The first kappa shape index (κ1) is 47.9. The Labute approximate surface area is 376 Å². The van der Waals surface area contributed by atoms with Gasteiger partial charge in [0.1, 0.15) is 22.9 Å². The second-order valence-corrected chi connectivity index (χ2v) is 18.8. The maximum atomic E-state index is 14.7. The van der Waals surface area contributed by atoms with Crippen molar-refractivity contribution < 1.29 is 42.2 Å². The van der Waals surface area contributed by atoms with Crippen molar-refractivity contribution in [2.24, 2.45) is 11.8 Å². The van der Waals surface area contributed by atoms with Crippen LogP contribution in [0.25, 0.3) is 22.5 Å². The Morgan fingerprint density at radius 2 is 1.57 bits per heavy atom. The Morgan fingerprint density at radius 3 is 2.18 bits per heavy atom. The number of likely N-dealkylation sites (tertiary alicyclic amines) is 1. The summed E-state index contributed by atoms with van der Waals surface area (Å²) in [5, 5.41) is 25.3. The number of tetrazole rings is 1. The number of amides is 5. The first-order chi connectivity index (χ1) is 30.6. The number of alkyl carbamates (subject to hydrolysis) is 1. The molecule has 5 amide bonds. The number of nitrogens with zero attached hydrogens (tertiary/aromatic N) is 5. The molecule has 0 radical (unpaired) electrons. The third kappa shape index (κ3) is 14.0. The van der Waals surface area contributed by atoms with E-state index in [0.29, 0.717) is 42.0 Å². The molecule has 2 fully saturated rings. The fourth-order valence-electron chi connectivity index (χ4n) is 7.85. The van der Waals surface area contributed by atoms with Crippen LogP contribution >= 0.6 is 0 Å². The summed E-state index contributed by atoms with van der Waals surface area (Å²) >= 11 is 0. The van der Waals surface area contributed by atoms with E-state index >= 15 is 0 Å². The predicted octanol–water partition coefficient (Wildman–Crippen LogP) is 6.61. The van der Waals surface area contributed by atoms with E-state index < -0.39 is 66.2 Å². The Bertz CT molecular complexity index is 2310. The SMILES string of the molecule is Cc1cc(C(=O)NC2CN(C(=O)OC(C)(C)C)CC(F)(F)C2)ncc1-c1ccc(CC(NC(=O)C2CCC(CNC(=O)OC(C)(C)C)CC2)C(=O)Nc2ccc(-c3nn[nH]n3)cc2)cc1. The average Bonchev–Trinajstić information content (AvgIpc) is 3.77. The number of H-pyrrole nitrogens is 1. The maximum absolute atomic E-state index is 14.7. The van der Waals surface area contributed by atoms with Crippen LogP contribution in [-0.2, 0) is 25.5 Å². The second kappa shape index (κ2) is 20.1. The highest BCUT2D eigenvalue weighted by atomic mass is 19.3. The molecule has 65 heavy (non-hydrogen) atoms. The summed E-state index contributed by atoms with van der Waals surface area (Å²) in [4.78, 5) is 70.9. The van der Waals surface area contributed by atoms with Crippen LogP contribution < -0.4 is 21.3 Å². The Morgan fingerprint density at radius 1 is 0.908 bits per heavy atom. The van der Waals surface area contributed by atoms with E-state index in [2.05, 4.69) is 46.9 Å². The lowest BCUT2D eigenvalue weighted by molar-refractivity contribution is -0.130. The van der Waals surface area contributed by atoms with Crippen LogP contribution in [-0.4, -0.2) is 109 Å². The summed E-state index contributed by atoms with van der Waals surface area (Å²) in [5.74, 6) is -4.23. The van der Waals surface area contributed by atoms with E-state index in [9.17, 15) is 32.8 Å². The van der Waals surface area contributed by atoms with Crippen LogP contribution in [0.5, 0.6) is 0 Å². The number of carbonyl (C=O) groups is 5. The van der Waals surface area contributed by atoms with Gasteiger partial charge in [-0.05, 0) is 132 Å². The summed E-state index contributed by atoms with van der Waals surface area (Å²) in [7, 11) is 0. The zero-order chi connectivity index (χ0) is 47.1. The van der Waals surface area contributed by atoms with Crippen LogP contribution in [0.1, 0.15) is 95.3 Å². The van der Waals surface area contributed by atoms with Crippen molar-refractivity contribution in [2.45, 2.75) is 116 Å². The highest BCUT2D eigenvalue weighted by molar-refractivity contribution is 5.98. The molecule has 3 heterocycles. The number of aryl methyl sites for hydroxylation is 1. The minimum Gasteiger partial charge on any atom is -0.444 e. The fraction of sp³-hybridized carbons (Fsp3) is 0.500. The average molecular weight is 901 g/mol. The molecule has 1 saturated carbocycles. The summed E-state index contributed by atoms with van der Waals surface area (Å²) in [6.45, 7) is 11.7. The van der Waals surface area contributed by atoms with Crippen molar-refractivity contribution in [1.82, 2.24) is 46.5 Å². The maximum Gasteiger partial charge on any atom is 0.410 e. The third-order valence-electron chi connectivity index (χ3n) is 11.0. The van der Waals surface area contributed by atoms with Gasteiger partial charge in [-0.3, -0.25) is 19.4 Å². The van der Waals surface area contributed by atoms with Crippen molar-refractivity contribution in [2.75, 3.05) is 25.0 Å². The third-order valence-corrected chi connectivity index (χ3v) is 11.0. The number of pyridine rings is 1. The van der Waals surface area contributed by atoms with E-state index in [-0.39, 0.29) is 36.4 Å². The standard InChI is InChI=1S/C46H58F2N10O7/c1-27-20-36(40(60)52-34-22-46(47,48)26-58(25-34)43(63)65-45(5,6)7)49-24-35(27)30-12-8-28(9-13-30)21-37(41(61)51-33-18-16-31(17-19-33)38-54-56-57-55-38)53-39(59)32-14-10-29(11-15-32)23-50-42(62)64-44(2,3)4/h8-9,12-13,16-20,24,29,32,34,37H,10-11,14-15,21-23,25-26H2,1-7H3,(H,50,62)(H,51,61)(H,52,60)(H,53,59)(H,54,55,56,57).